The lowest BCUT2D eigenvalue weighted by Gasteiger charge is -2.07. The van der Waals surface area contributed by atoms with Crippen LogP contribution in [0.2, 0.25) is 10.0 Å². The standard InChI is InChI=1S/C17H13Cl2N3O3S/c1-24-11-7-5-10(6-8-11)16-21-22-17(25-16)26-9-14(23)20-13-4-2-3-12(18)15(13)19/h2-8H,9H2,1H3,(H,20,23). The highest BCUT2D eigenvalue weighted by atomic mass is 35.5. The number of hydrogen-bond acceptors (Lipinski definition) is 6. The summed E-state index contributed by atoms with van der Waals surface area (Å²) in [4.78, 5) is 12.1. The van der Waals surface area contributed by atoms with E-state index < -0.39 is 0 Å². The van der Waals surface area contributed by atoms with Gasteiger partial charge in [0.25, 0.3) is 5.22 Å². The monoisotopic (exact) mass is 409 g/mol. The largest absolute Gasteiger partial charge is 0.497 e. The molecule has 2 aromatic carbocycles. The normalized spacial score (nSPS) is 10.6. The number of aromatic nitrogens is 2. The van der Waals surface area contributed by atoms with Crippen LogP contribution in [-0.4, -0.2) is 29.0 Å². The second-order valence-corrected chi connectivity index (χ2v) is 6.75. The first-order valence-corrected chi connectivity index (χ1v) is 9.15. The van der Waals surface area contributed by atoms with Gasteiger partial charge in [0.05, 0.1) is 28.6 Å². The van der Waals surface area contributed by atoms with Gasteiger partial charge >= 0.3 is 0 Å². The van der Waals surface area contributed by atoms with E-state index in [0.717, 1.165) is 23.1 Å². The van der Waals surface area contributed by atoms with Crippen molar-refractivity contribution in [3.63, 3.8) is 0 Å². The summed E-state index contributed by atoms with van der Waals surface area (Å²) in [6, 6.07) is 12.3. The molecule has 3 rings (SSSR count). The van der Waals surface area contributed by atoms with Crippen molar-refractivity contribution in [2.75, 3.05) is 18.2 Å². The molecule has 0 spiro atoms. The number of methoxy groups -OCH3 is 1. The summed E-state index contributed by atoms with van der Waals surface area (Å²) in [6.45, 7) is 0. The van der Waals surface area contributed by atoms with Crippen molar-refractivity contribution in [1.29, 1.82) is 0 Å². The molecule has 0 radical (unpaired) electrons. The fourth-order valence-corrected chi connectivity index (χ4v) is 2.94. The van der Waals surface area contributed by atoms with Crippen LogP contribution in [0.1, 0.15) is 0 Å². The lowest BCUT2D eigenvalue weighted by molar-refractivity contribution is -0.113. The second-order valence-electron chi connectivity index (χ2n) is 5.04. The summed E-state index contributed by atoms with van der Waals surface area (Å²) in [7, 11) is 1.60. The van der Waals surface area contributed by atoms with E-state index in [4.69, 9.17) is 32.4 Å². The Morgan fingerprint density at radius 2 is 1.96 bits per heavy atom. The molecule has 1 N–H and O–H groups in total. The van der Waals surface area contributed by atoms with E-state index in [1.54, 1.807) is 37.4 Å². The molecular weight excluding hydrogens is 397 g/mol. The number of anilines is 1. The van der Waals surface area contributed by atoms with Crippen molar-refractivity contribution in [2.24, 2.45) is 0 Å². The van der Waals surface area contributed by atoms with Crippen LogP contribution in [0, 0.1) is 0 Å². The van der Waals surface area contributed by atoms with Crippen LogP contribution in [0.4, 0.5) is 5.69 Å². The summed E-state index contributed by atoms with van der Waals surface area (Å²) in [5.74, 6) is 0.934. The first kappa shape index (κ1) is 18.6. The first-order valence-electron chi connectivity index (χ1n) is 7.41. The molecule has 0 bridgehead atoms. The molecule has 0 aliphatic carbocycles. The number of thioether (sulfide) groups is 1. The summed E-state index contributed by atoms with van der Waals surface area (Å²) >= 11 is 13.1. The van der Waals surface area contributed by atoms with Gasteiger partial charge in [0.15, 0.2) is 0 Å². The Bertz CT molecular complexity index is 916. The molecule has 0 saturated heterocycles. The fourth-order valence-electron chi connectivity index (χ4n) is 2.03. The Kier molecular flexibility index (Phi) is 6.03. The van der Waals surface area contributed by atoms with E-state index >= 15 is 0 Å². The highest BCUT2D eigenvalue weighted by Crippen LogP contribution is 2.30. The molecule has 0 unspecified atom stereocenters. The Balaban J connectivity index is 1.59. The molecule has 0 fully saturated rings. The van der Waals surface area contributed by atoms with E-state index in [1.165, 1.54) is 0 Å². The fraction of sp³-hybridized carbons (Fsp3) is 0.118. The third-order valence-electron chi connectivity index (χ3n) is 3.30. The third kappa shape index (κ3) is 4.49. The first-order chi connectivity index (χ1) is 12.6. The van der Waals surface area contributed by atoms with Crippen LogP contribution in [0.15, 0.2) is 52.1 Å². The number of amides is 1. The van der Waals surface area contributed by atoms with Gasteiger partial charge in [0, 0.05) is 5.56 Å². The molecule has 0 atom stereocenters. The van der Waals surface area contributed by atoms with Gasteiger partial charge in [0.2, 0.25) is 11.8 Å². The summed E-state index contributed by atoms with van der Waals surface area (Å²) in [5, 5.41) is 11.6. The van der Waals surface area contributed by atoms with Gasteiger partial charge in [0.1, 0.15) is 5.75 Å². The number of benzene rings is 2. The minimum Gasteiger partial charge on any atom is -0.497 e. The van der Waals surface area contributed by atoms with E-state index in [-0.39, 0.29) is 11.7 Å². The zero-order valence-corrected chi connectivity index (χ0v) is 15.9. The molecule has 1 aromatic heterocycles. The Morgan fingerprint density at radius 3 is 2.69 bits per heavy atom. The maximum absolute atomic E-state index is 12.1. The second kappa shape index (κ2) is 8.44. The van der Waals surface area contributed by atoms with Crippen molar-refractivity contribution < 1.29 is 13.9 Å². The predicted molar refractivity (Wildman–Crippen MR) is 102 cm³/mol. The van der Waals surface area contributed by atoms with Crippen LogP contribution in [0.3, 0.4) is 0 Å². The average Bonchev–Trinajstić information content (AvgIpc) is 3.13. The minimum atomic E-state index is -0.261. The number of ether oxygens (including phenoxy) is 1. The van der Waals surface area contributed by atoms with Gasteiger partial charge in [-0.05, 0) is 36.4 Å². The maximum atomic E-state index is 12.1. The number of carbonyl (C=O) groups excluding carboxylic acids is 1. The smallest absolute Gasteiger partial charge is 0.277 e. The summed E-state index contributed by atoms with van der Waals surface area (Å²) < 4.78 is 10.7. The lowest BCUT2D eigenvalue weighted by atomic mass is 10.2. The van der Waals surface area contributed by atoms with E-state index in [9.17, 15) is 4.79 Å². The molecule has 26 heavy (non-hydrogen) atoms. The third-order valence-corrected chi connectivity index (χ3v) is 4.93. The van der Waals surface area contributed by atoms with Gasteiger partial charge in [-0.1, -0.05) is 41.0 Å². The maximum Gasteiger partial charge on any atom is 0.277 e. The molecule has 3 aromatic rings. The molecule has 0 aliphatic rings. The number of carbonyl (C=O) groups is 1. The minimum absolute atomic E-state index is 0.0904. The highest BCUT2D eigenvalue weighted by molar-refractivity contribution is 7.99. The lowest BCUT2D eigenvalue weighted by Crippen LogP contribution is -2.14. The molecule has 134 valence electrons. The van der Waals surface area contributed by atoms with Crippen molar-refractivity contribution in [3.8, 4) is 17.2 Å². The number of nitrogens with one attached hydrogen (secondary N) is 1. The SMILES string of the molecule is COc1ccc(-c2nnc(SCC(=O)Nc3cccc(Cl)c3Cl)o2)cc1. The molecule has 1 heterocycles. The van der Waals surface area contributed by atoms with Gasteiger partial charge in [-0.3, -0.25) is 4.79 Å². The van der Waals surface area contributed by atoms with E-state index in [1.807, 2.05) is 12.1 Å². The average molecular weight is 410 g/mol. The van der Waals surface area contributed by atoms with E-state index in [2.05, 4.69) is 15.5 Å². The van der Waals surface area contributed by atoms with Gasteiger partial charge in [-0.2, -0.15) is 0 Å². The quantitative estimate of drug-likeness (QED) is 0.590. The van der Waals surface area contributed by atoms with Crippen molar-refractivity contribution in [3.05, 3.63) is 52.5 Å². The zero-order valence-electron chi connectivity index (χ0n) is 13.5. The molecule has 1 amide bonds. The van der Waals surface area contributed by atoms with Gasteiger partial charge in [-0.15, -0.1) is 10.2 Å². The van der Waals surface area contributed by atoms with Gasteiger partial charge in [-0.25, -0.2) is 0 Å². The van der Waals surface area contributed by atoms with Crippen LogP contribution in [-0.2, 0) is 4.79 Å². The Labute approximate surface area is 163 Å². The van der Waals surface area contributed by atoms with Crippen molar-refractivity contribution in [1.82, 2.24) is 10.2 Å². The van der Waals surface area contributed by atoms with Gasteiger partial charge < -0.3 is 14.5 Å². The molecule has 0 saturated carbocycles. The number of rotatable bonds is 6. The zero-order chi connectivity index (χ0) is 18.5. The predicted octanol–water partition coefficient (Wildman–Crippen LogP) is 4.78. The molecule has 6 nitrogen and oxygen atoms in total. The topological polar surface area (TPSA) is 77.2 Å². The number of hydrogen-bond donors (Lipinski definition) is 1. The van der Waals surface area contributed by atoms with Crippen LogP contribution in [0.25, 0.3) is 11.5 Å². The van der Waals surface area contributed by atoms with Crippen LogP contribution in [0.5, 0.6) is 5.75 Å². The summed E-state index contributed by atoms with van der Waals surface area (Å²) in [6.07, 6.45) is 0. The number of nitrogens with zero attached hydrogens (tertiary/aromatic N) is 2. The summed E-state index contributed by atoms with van der Waals surface area (Å²) in [5.41, 5.74) is 1.22. The Morgan fingerprint density at radius 1 is 1.19 bits per heavy atom. The molecule has 0 aliphatic heterocycles. The Hall–Kier alpha value is -2.22. The van der Waals surface area contributed by atoms with E-state index in [0.29, 0.717) is 26.8 Å². The number of halogens is 2. The van der Waals surface area contributed by atoms with Crippen LogP contribution >= 0.6 is 35.0 Å². The highest BCUT2D eigenvalue weighted by Gasteiger charge is 2.13. The van der Waals surface area contributed by atoms with Crippen molar-refractivity contribution in [2.45, 2.75) is 5.22 Å². The molecule has 9 heteroatoms. The van der Waals surface area contributed by atoms with Crippen molar-refractivity contribution >= 4 is 46.6 Å². The van der Waals surface area contributed by atoms with Crippen LogP contribution < -0.4 is 10.1 Å². The molecular formula is C17H13Cl2N3O3S.